The minimum absolute atomic E-state index is 0.00348. The predicted octanol–water partition coefficient (Wildman–Crippen LogP) is 5.02. The van der Waals surface area contributed by atoms with Crippen LogP contribution in [0.2, 0.25) is 0 Å². The van der Waals surface area contributed by atoms with Crippen LogP contribution in [-0.4, -0.2) is 21.7 Å². The van der Waals surface area contributed by atoms with Crippen LogP contribution in [0.1, 0.15) is 74.0 Å². The Balaban J connectivity index is 1.49. The summed E-state index contributed by atoms with van der Waals surface area (Å²) in [5, 5.41) is 0. The molecular formula is C28H30N2O2. The Hall–Kier alpha value is -3.01. The zero-order chi connectivity index (χ0) is 22.9. The van der Waals surface area contributed by atoms with Crippen molar-refractivity contribution in [3.05, 3.63) is 88.3 Å². The summed E-state index contributed by atoms with van der Waals surface area (Å²) in [6.45, 7) is 11.6. The monoisotopic (exact) mass is 426 g/mol. The minimum atomic E-state index is -0.262. The van der Waals surface area contributed by atoms with Gasteiger partial charge in [0.05, 0.1) is 12.2 Å². The van der Waals surface area contributed by atoms with Gasteiger partial charge in [0.1, 0.15) is 0 Å². The van der Waals surface area contributed by atoms with E-state index in [2.05, 4.69) is 65.0 Å². The molecule has 0 bridgehead atoms. The van der Waals surface area contributed by atoms with Gasteiger partial charge in [0.25, 0.3) is 11.8 Å². The van der Waals surface area contributed by atoms with E-state index in [1.807, 2.05) is 12.3 Å². The number of aryl methyl sites for hydroxylation is 1. The maximum Gasteiger partial charge on any atom is 0.253 e. The molecule has 0 atom stereocenters. The lowest BCUT2D eigenvalue weighted by molar-refractivity contribution is -0.137. The van der Waals surface area contributed by atoms with Crippen molar-refractivity contribution in [2.75, 3.05) is 0 Å². The molecule has 3 aliphatic rings. The molecule has 1 aliphatic heterocycles. The lowest BCUT2D eigenvalue weighted by Crippen LogP contribution is -2.30. The maximum atomic E-state index is 11.9. The minimum Gasteiger partial charge on any atom is -0.271 e. The van der Waals surface area contributed by atoms with E-state index in [-0.39, 0.29) is 34.6 Å². The van der Waals surface area contributed by atoms with Gasteiger partial charge in [-0.3, -0.25) is 19.5 Å². The highest BCUT2D eigenvalue weighted by Crippen LogP contribution is 2.55. The van der Waals surface area contributed by atoms with E-state index in [0.717, 1.165) is 24.1 Å². The average molecular weight is 427 g/mol. The number of aromatic nitrogens is 1. The largest absolute Gasteiger partial charge is 0.271 e. The second-order valence-corrected chi connectivity index (χ2v) is 10.7. The molecule has 0 N–H and O–H groups in total. The fraction of sp³-hybridized carbons (Fsp3) is 0.393. The van der Waals surface area contributed by atoms with Crippen molar-refractivity contribution in [3.63, 3.8) is 0 Å². The summed E-state index contributed by atoms with van der Waals surface area (Å²) < 4.78 is 0. The van der Waals surface area contributed by atoms with E-state index in [9.17, 15) is 9.59 Å². The molecule has 1 saturated carbocycles. The molecule has 2 aromatic rings. The highest BCUT2D eigenvalue weighted by atomic mass is 16.2. The van der Waals surface area contributed by atoms with E-state index >= 15 is 0 Å². The zero-order valence-corrected chi connectivity index (χ0v) is 19.5. The number of fused-ring (bicyclic) bond motifs is 1. The Morgan fingerprint density at radius 3 is 2.00 bits per heavy atom. The molecule has 1 aromatic carbocycles. The lowest BCUT2D eigenvalue weighted by atomic mass is 9.66. The van der Waals surface area contributed by atoms with E-state index in [0.29, 0.717) is 0 Å². The molecule has 0 saturated heterocycles. The molecule has 1 aromatic heterocycles. The second-order valence-electron chi connectivity index (χ2n) is 10.7. The number of nitrogens with zero attached hydrogens (tertiary/aromatic N) is 2. The van der Waals surface area contributed by atoms with Gasteiger partial charge in [-0.1, -0.05) is 58.0 Å². The van der Waals surface area contributed by atoms with Gasteiger partial charge in [-0.25, -0.2) is 0 Å². The van der Waals surface area contributed by atoms with Gasteiger partial charge in [-0.15, -0.1) is 0 Å². The molecule has 0 unspecified atom stereocenters. The highest BCUT2D eigenvalue weighted by Gasteiger charge is 2.49. The molecule has 1 fully saturated rings. The van der Waals surface area contributed by atoms with Gasteiger partial charge in [0.2, 0.25) is 0 Å². The second kappa shape index (κ2) is 6.74. The molecule has 164 valence electrons. The molecule has 0 radical (unpaired) electrons. The third kappa shape index (κ3) is 3.16. The van der Waals surface area contributed by atoms with Crippen LogP contribution in [0.5, 0.6) is 0 Å². The predicted molar refractivity (Wildman–Crippen MR) is 125 cm³/mol. The summed E-state index contributed by atoms with van der Waals surface area (Å²) in [7, 11) is 0. The Kier molecular flexibility index (Phi) is 4.40. The van der Waals surface area contributed by atoms with Crippen LogP contribution in [0.3, 0.4) is 0 Å². The third-order valence-corrected chi connectivity index (χ3v) is 7.49. The zero-order valence-electron chi connectivity index (χ0n) is 19.5. The van der Waals surface area contributed by atoms with E-state index in [1.165, 1.54) is 39.3 Å². The molecule has 2 amide bonds. The fourth-order valence-electron chi connectivity index (χ4n) is 5.25. The van der Waals surface area contributed by atoms with Crippen LogP contribution >= 0.6 is 0 Å². The summed E-state index contributed by atoms with van der Waals surface area (Å²) in [4.78, 5) is 29.8. The van der Waals surface area contributed by atoms with Crippen LogP contribution in [0.25, 0.3) is 0 Å². The van der Waals surface area contributed by atoms with Crippen LogP contribution in [0, 0.1) is 6.92 Å². The van der Waals surface area contributed by atoms with E-state index in [4.69, 9.17) is 4.98 Å². The van der Waals surface area contributed by atoms with Crippen molar-refractivity contribution in [3.8, 4) is 0 Å². The average Bonchev–Trinajstić information content (AvgIpc) is 3.49. The number of allylic oxidation sites excluding steroid dienone is 2. The molecule has 0 spiro atoms. The van der Waals surface area contributed by atoms with Gasteiger partial charge in [-0.2, -0.15) is 0 Å². The number of amides is 2. The number of hydrogen-bond donors (Lipinski definition) is 0. The quantitative estimate of drug-likeness (QED) is 0.509. The number of pyridine rings is 1. The first-order valence-electron chi connectivity index (χ1n) is 11.4. The maximum absolute atomic E-state index is 11.9. The molecule has 5 rings (SSSR count). The van der Waals surface area contributed by atoms with Crippen molar-refractivity contribution in [1.82, 2.24) is 9.88 Å². The highest BCUT2D eigenvalue weighted by molar-refractivity contribution is 6.12. The number of carbonyl (C=O) groups is 2. The van der Waals surface area contributed by atoms with E-state index in [1.54, 1.807) is 0 Å². The summed E-state index contributed by atoms with van der Waals surface area (Å²) in [5.41, 5.74) is 7.46. The Bertz CT molecular complexity index is 1180. The Morgan fingerprint density at radius 1 is 0.875 bits per heavy atom. The number of rotatable bonds is 4. The SMILES string of the molecule is Cc1cc2c(cc1C1(c3ccc(CN4C(=O)C=CC4=O)cn3)CC1)C(C)(C)C=CC2(C)C. The van der Waals surface area contributed by atoms with Gasteiger partial charge < -0.3 is 0 Å². The number of benzene rings is 1. The van der Waals surface area contributed by atoms with E-state index < -0.39 is 0 Å². The van der Waals surface area contributed by atoms with Crippen molar-refractivity contribution in [1.29, 1.82) is 0 Å². The molecule has 2 heterocycles. The van der Waals surface area contributed by atoms with Crippen molar-refractivity contribution in [2.45, 2.75) is 70.3 Å². The number of hydrogen-bond acceptors (Lipinski definition) is 3. The van der Waals surface area contributed by atoms with Gasteiger partial charge in [-0.05, 0) is 53.6 Å². The first kappa shape index (κ1) is 20.9. The number of carbonyl (C=O) groups excluding carboxylic acids is 2. The van der Waals surface area contributed by atoms with Crippen LogP contribution < -0.4 is 0 Å². The van der Waals surface area contributed by atoms with Crippen LogP contribution in [0.15, 0.2) is 54.8 Å². The standard InChI is InChI=1S/C28H30N2O2/c1-18-14-21-22(27(4,5)11-10-26(21,2)3)15-20(18)28(12-13-28)23-7-6-19(16-29-23)17-30-24(31)8-9-25(30)32/h6-11,14-16H,12-13,17H2,1-5H3. The summed E-state index contributed by atoms with van der Waals surface area (Å²) in [6.07, 6.45) is 11.3. The normalized spacial score (nSPS) is 21.7. The number of imide groups is 1. The van der Waals surface area contributed by atoms with Gasteiger partial charge in [0, 0.05) is 34.6 Å². The molecule has 4 heteroatoms. The fourth-order valence-corrected chi connectivity index (χ4v) is 5.25. The van der Waals surface area contributed by atoms with Crippen molar-refractivity contribution < 1.29 is 9.59 Å². The molecule has 2 aliphatic carbocycles. The molecule has 4 nitrogen and oxygen atoms in total. The Labute approximate surface area is 190 Å². The molecule has 32 heavy (non-hydrogen) atoms. The van der Waals surface area contributed by atoms with Gasteiger partial charge >= 0.3 is 0 Å². The first-order valence-corrected chi connectivity index (χ1v) is 11.4. The Morgan fingerprint density at radius 2 is 1.47 bits per heavy atom. The van der Waals surface area contributed by atoms with Crippen molar-refractivity contribution >= 4 is 11.8 Å². The first-order chi connectivity index (χ1) is 15.0. The third-order valence-electron chi connectivity index (χ3n) is 7.49. The lowest BCUT2D eigenvalue weighted by Gasteiger charge is -2.38. The summed E-state index contributed by atoms with van der Waals surface area (Å²) in [5.74, 6) is -0.524. The topological polar surface area (TPSA) is 50.3 Å². The van der Waals surface area contributed by atoms with Crippen molar-refractivity contribution in [2.24, 2.45) is 0 Å². The summed E-state index contributed by atoms with van der Waals surface area (Å²) >= 11 is 0. The smallest absolute Gasteiger partial charge is 0.253 e. The summed E-state index contributed by atoms with van der Waals surface area (Å²) in [6, 6.07) is 8.91. The van der Waals surface area contributed by atoms with Crippen LogP contribution in [0.4, 0.5) is 0 Å². The van der Waals surface area contributed by atoms with Gasteiger partial charge in [0.15, 0.2) is 0 Å². The molecular weight excluding hydrogens is 396 g/mol. The van der Waals surface area contributed by atoms with Crippen LogP contribution in [-0.2, 0) is 32.4 Å².